The minimum Gasteiger partial charge on any atom is -0.459 e. The molecule has 1 fully saturated rings. The summed E-state index contributed by atoms with van der Waals surface area (Å²) < 4.78 is 7.22. The van der Waals surface area contributed by atoms with E-state index in [0.717, 1.165) is 45.0 Å². The minimum absolute atomic E-state index is 0.278. The Morgan fingerprint density at radius 1 is 1.20 bits per heavy atom. The van der Waals surface area contributed by atoms with Gasteiger partial charge in [0.15, 0.2) is 0 Å². The highest BCUT2D eigenvalue weighted by Crippen LogP contribution is 2.33. The molecule has 3 rings (SSSR count). The minimum atomic E-state index is -0.684. The average molecular weight is 428 g/mol. The van der Waals surface area contributed by atoms with Gasteiger partial charge in [0.25, 0.3) is 11.1 Å². The largest absolute Gasteiger partial charge is 0.459 e. The molecule has 0 radical (unpaired) electrons. The Hall–Kier alpha value is -2.87. The van der Waals surface area contributed by atoms with Crippen molar-refractivity contribution in [3.63, 3.8) is 0 Å². The Labute approximate surface area is 180 Å². The van der Waals surface area contributed by atoms with Crippen LogP contribution in [0, 0.1) is 20.8 Å². The molecular weight excluding hydrogens is 402 g/mol. The number of aromatic nitrogens is 2. The van der Waals surface area contributed by atoms with E-state index in [1.165, 1.54) is 0 Å². The fourth-order valence-corrected chi connectivity index (χ4v) is 3.99. The molecular formula is C22H25N3O4S. The van der Waals surface area contributed by atoms with Crippen molar-refractivity contribution in [1.82, 2.24) is 14.5 Å². The van der Waals surface area contributed by atoms with Crippen LogP contribution in [0.4, 0.5) is 4.79 Å². The van der Waals surface area contributed by atoms with Crippen LogP contribution < -0.4 is 0 Å². The predicted octanol–water partition coefficient (Wildman–Crippen LogP) is 4.18. The van der Waals surface area contributed by atoms with Gasteiger partial charge in [-0.15, -0.1) is 0 Å². The number of rotatable bonds is 4. The van der Waals surface area contributed by atoms with E-state index in [2.05, 4.69) is 4.98 Å². The molecule has 158 valence electrons. The normalized spacial score (nSPS) is 15.9. The molecule has 0 aliphatic carbocycles. The molecule has 0 N–H and O–H groups in total. The van der Waals surface area contributed by atoms with Crippen LogP contribution in [-0.4, -0.2) is 43.7 Å². The highest BCUT2D eigenvalue weighted by molar-refractivity contribution is 8.18. The summed E-state index contributed by atoms with van der Waals surface area (Å²) in [7, 11) is 0. The number of hydrogen-bond acceptors (Lipinski definition) is 6. The number of imide groups is 1. The summed E-state index contributed by atoms with van der Waals surface area (Å²) in [6, 6.07) is 5.87. The number of ether oxygens (including phenoxy) is 1. The highest BCUT2D eigenvalue weighted by atomic mass is 32.2. The van der Waals surface area contributed by atoms with E-state index >= 15 is 0 Å². The van der Waals surface area contributed by atoms with Crippen molar-refractivity contribution in [2.24, 2.45) is 0 Å². The first-order valence-electron chi connectivity index (χ1n) is 9.55. The van der Waals surface area contributed by atoms with E-state index in [1.54, 1.807) is 33.0 Å². The van der Waals surface area contributed by atoms with Gasteiger partial charge in [-0.25, -0.2) is 4.98 Å². The first kappa shape index (κ1) is 21.8. The topological polar surface area (TPSA) is 81.5 Å². The molecule has 1 aliphatic heterocycles. The number of aryl methyl sites for hydroxylation is 2. The van der Waals surface area contributed by atoms with Gasteiger partial charge in [-0.2, -0.15) is 0 Å². The van der Waals surface area contributed by atoms with Gasteiger partial charge < -0.3 is 9.30 Å². The summed E-state index contributed by atoms with van der Waals surface area (Å²) >= 11 is 0.824. The summed E-state index contributed by atoms with van der Waals surface area (Å²) in [6.45, 7) is 10.7. The van der Waals surface area contributed by atoms with E-state index in [0.29, 0.717) is 0 Å². The third-order valence-corrected chi connectivity index (χ3v) is 5.37. The maximum absolute atomic E-state index is 12.7. The van der Waals surface area contributed by atoms with Gasteiger partial charge in [-0.1, -0.05) is 6.07 Å². The zero-order valence-electron chi connectivity index (χ0n) is 18.0. The maximum Gasteiger partial charge on any atom is 0.326 e. The molecule has 2 amide bonds. The van der Waals surface area contributed by atoms with Crippen molar-refractivity contribution in [3.05, 3.63) is 51.8 Å². The smallest absolute Gasteiger partial charge is 0.326 e. The first-order chi connectivity index (χ1) is 14.0. The van der Waals surface area contributed by atoms with Gasteiger partial charge in [0.1, 0.15) is 18.0 Å². The molecule has 0 saturated carbocycles. The Bertz CT molecular complexity index is 1050. The molecule has 1 saturated heterocycles. The van der Waals surface area contributed by atoms with Crippen molar-refractivity contribution < 1.29 is 19.1 Å². The molecule has 0 aromatic carbocycles. The van der Waals surface area contributed by atoms with Gasteiger partial charge >= 0.3 is 5.97 Å². The number of thioether (sulfide) groups is 1. The standard InChI is InChI=1S/C22H25N3O4S/c1-13-7-8-18(23-11-13)25-14(2)9-16(15(25)3)10-17-20(27)24(21(28)30-17)12-19(26)29-22(4,5)6/h7-11H,12H2,1-6H3. The van der Waals surface area contributed by atoms with Crippen LogP contribution in [0.15, 0.2) is 29.3 Å². The fraction of sp³-hybridized carbons (Fsp3) is 0.364. The van der Waals surface area contributed by atoms with Gasteiger partial charge in [-0.05, 0) is 82.6 Å². The fourth-order valence-electron chi connectivity index (χ4n) is 3.16. The van der Waals surface area contributed by atoms with Gasteiger partial charge in [0.05, 0.1) is 4.91 Å². The van der Waals surface area contributed by atoms with Crippen molar-refractivity contribution in [3.8, 4) is 5.82 Å². The van der Waals surface area contributed by atoms with Crippen LogP contribution in [0.2, 0.25) is 0 Å². The van der Waals surface area contributed by atoms with Crippen molar-refractivity contribution in [2.75, 3.05) is 6.54 Å². The number of amides is 2. The lowest BCUT2D eigenvalue weighted by Gasteiger charge is -2.21. The van der Waals surface area contributed by atoms with E-state index in [9.17, 15) is 14.4 Å². The number of nitrogens with zero attached hydrogens (tertiary/aromatic N) is 3. The van der Waals surface area contributed by atoms with Crippen molar-refractivity contribution in [1.29, 1.82) is 0 Å². The summed E-state index contributed by atoms with van der Waals surface area (Å²) in [5, 5.41) is -0.480. The molecule has 8 heteroatoms. The molecule has 0 unspecified atom stereocenters. The van der Waals surface area contributed by atoms with Crippen LogP contribution in [-0.2, 0) is 14.3 Å². The van der Waals surface area contributed by atoms with Crippen LogP contribution in [0.5, 0.6) is 0 Å². The van der Waals surface area contributed by atoms with Gasteiger partial charge in [0, 0.05) is 17.6 Å². The number of carbonyl (C=O) groups excluding carboxylic acids is 3. The first-order valence-corrected chi connectivity index (χ1v) is 10.4. The Morgan fingerprint density at radius 2 is 1.90 bits per heavy atom. The van der Waals surface area contributed by atoms with E-state index in [4.69, 9.17) is 4.74 Å². The highest BCUT2D eigenvalue weighted by Gasteiger charge is 2.37. The second-order valence-corrected chi connectivity index (χ2v) is 9.20. The van der Waals surface area contributed by atoms with E-state index in [-0.39, 0.29) is 4.91 Å². The number of pyridine rings is 1. The molecule has 1 aliphatic rings. The lowest BCUT2D eigenvalue weighted by atomic mass is 10.2. The number of esters is 1. The molecule has 7 nitrogen and oxygen atoms in total. The third-order valence-electron chi connectivity index (χ3n) is 4.46. The predicted molar refractivity (Wildman–Crippen MR) is 116 cm³/mol. The zero-order chi connectivity index (χ0) is 22.2. The van der Waals surface area contributed by atoms with Crippen LogP contribution in [0.3, 0.4) is 0 Å². The third kappa shape index (κ3) is 4.64. The molecule has 0 spiro atoms. The maximum atomic E-state index is 12.7. The zero-order valence-corrected chi connectivity index (χ0v) is 18.8. The molecule has 3 heterocycles. The Balaban J connectivity index is 1.85. The Morgan fingerprint density at radius 3 is 2.50 bits per heavy atom. The molecule has 30 heavy (non-hydrogen) atoms. The van der Waals surface area contributed by atoms with Crippen LogP contribution in [0.1, 0.15) is 43.3 Å². The second-order valence-electron chi connectivity index (χ2n) is 8.21. The summed E-state index contributed by atoms with van der Waals surface area (Å²) in [4.78, 5) is 42.7. The quantitative estimate of drug-likeness (QED) is 0.538. The Kier molecular flexibility index (Phi) is 5.90. The summed E-state index contributed by atoms with van der Waals surface area (Å²) in [6.07, 6.45) is 3.49. The van der Waals surface area contributed by atoms with Gasteiger partial charge in [0.2, 0.25) is 0 Å². The SMILES string of the molecule is Cc1ccc(-n2c(C)cc(C=C3SC(=O)N(CC(=O)OC(C)(C)C)C3=O)c2C)nc1. The summed E-state index contributed by atoms with van der Waals surface area (Å²) in [5.74, 6) is -0.322. The average Bonchev–Trinajstić information content (AvgIpc) is 3.05. The van der Waals surface area contributed by atoms with Crippen LogP contribution in [0.25, 0.3) is 11.9 Å². The molecule has 0 atom stereocenters. The lowest BCUT2D eigenvalue weighted by Crippen LogP contribution is -2.37. The van der Waals surface area contributed by atoms with Gasteiger partial charge in [-0.3, -0.25) is 19.3 Å². The van der Waals surface area contributed by atoms with E-state index < -0.39 is 29.3 Å². The number of hydrogen-bond donors (Lipinski definition) is 0. The monoisotopic (exact) mass is 427 g/mol. The molecule has 0 bridgehead atoms. The summed E-state index contributed by atoms with van der Waals surface area (Å²) in [5.41, 5.74) is 3.07. The van der Waals surface area contributed by atoms with Crippen molar-refractivity contribution >= 4 is 35.0 Å². The number of carbonyl (C=O) groups is 3. The van der Waals surface area contributed by atoms with Crippen molar-refractivity contribution in [2.45, 2.75) is 47.1 Å². The lowest BCUT2D eigenvalue weighted by molar-refractivity contribution is -0.156. The molecule has 2 aromatic rings. The van der Waals surface area contributed by atoms with E-state index in [1.807, 2.05) is 43.5 Å². The second kappa shape index (κ2) is 8.10. The molecule has 2 aromatic heterocycles. The van der Waals surface area contributed by atoms with Crippen LogP contribution >= 0.6 is 11.8 Å².